The highest BCUT2D eigenvalue weighted by Gasteiger charge is 2.04. The fourth-order valence-electron chi connectivity index (χ4n) is 1.32. The van der Waals surface area contributed by atoms with Gasteiger partial charge in [-0.2, -0.15) is 0 Å². The normalized spacial score (nSPS) is 18.7. The largest absolute Gasteiger partial charge is 0.553 e. The van der Waals surface area contributed by atoms with E-state index in [0.29, 0.717) is 0 Å². The maximum Gasteiger partial charge on any atom is 0.214 e. The van der Waals surface area contributed by atoms with Gasteiger partial charge in [-0.25, -0.2) is 0 Å². The zero-order chi connectivity index (χ0) is 7.23. The predicted octanol–water partition coefficient (Wildman–Crippen LogP) is 1.51. The van der Waals surface area contributed by atoms with Crippen molar-refractivity contribution in [2.45, 2.75) is 39.0 Å². The molecule has 0 unspecified atom stereocenters. The standard InChI is InChI=1S/C8H16OSi/c1-2-9-10-8-6-4-3-5-7-8/h10H,2-7H2,1H3. The fourth-order valence-corrected chi connectivity index (χ4v) is 2.37. The van der Waals surface area contributed by atoms with E-state index >= 15 is 0 Å². The second-order valence-electron chi connectivity index (χ2n) is 2.79. The zero-order valence-corrected chi connectivity index (χ0v) is 7.88. The average Bonchev–Trinajstić information content (AvgIpc) is 2.03. The van der Waals surface area contributed by atoms with Crippen LogP contribution in [0.3, 0.4) is 0 Å². The van der Waals surface area contributed by atoms with Gasteiger partial charge in [-0.3, -0.25) is 0 Å². The predicted molar refractivity (Wildman–Crippen MR) is 46.9 cm³/mol. The van der Waals surface area contributed by atoms with Crippen molar-refractivity contribution in [3.05, 3.63) is 0 Å². The molecular formula is C8H16OSi. The molecule has 0 aromatic heterocycles. The highest BCUT2D eigenvalue weighted by Crippen LogP contribution is 2.12. The summed E-state index contributed by atoms with van der Waals surface area (Å²) in [6.45, 7) is 2.98. The third kappa shape index (κ3) is 2.65. The van der Waals surface area contributed by atoms with E-state index in [2.05, 4.69) is 6.92 Å². The lowest BCUT2D eigenvalue weighted by Gasteiger charge is -2.12. The summed E-state index contributed by atoms with van der Waals surface area (Å²) in [4.78, 5) is 0. The first-order valence-corrected chi connectivity index (χ1v) is 5.28. The summed E-state index contributed by atoms with van der Waals surface area (Å²) in [5.74, 6) is 0. The molecule has 1 aliphatic rings. The molecule has 0 saturated heterocycles. The highest BCUT2D eigenvalue weighted by molar-refractivity contribution is 6.49. The van der Waals surface area contributed by atoms with E-state index in [0.717, 1.165) is 6.61 Å². The monoisotopic (exact) mass is 156 g/mol. The Morgan fingerprint density at radius 3 is 2.60 bits per heavy atom. The van der Waals surface area contributed by atoms with E-state index in [9.17, 15) is 0 Å². The molecule has 1 nitrogen and oxygen atoms in total. The molecule has 1 fully saturated rings. The maximum absolute atomic E-state index is 5.42. The molecule has 1 aliphatic carbocycles. The van der Waals surface area contributed by atoms with Crippen molar-refractivity contribution in [2.75, 3.05) is 6.61 Å². The van der Waals surface area contributed by atoms with Crippen LogP contribution in [0.25, 0.3) is 0 Å². The Morgan fingerprint density at radius 2 is 2.00 bits per heavy atom. The van der Waals surface area contributed by atoms with Crippen molar-refractivity contribution in [2.24, 2.45) is 0 Å². The Morgan fingerprint density at radius 1 is 1.30 bits per heavy atom. The van der Waals surface area contributed by atoms with E-state index in [1.165, 1.54) is 32.1 Å². The van der Waals surface area contributed by atoms with Gasteiger partial charge in [0, 0.05) is 0 Å². The molecule has 0 N–H and O–H groups in total. The van der Waals surface area contributed by atoms with Crippen LogP contribution in [-0.4, -0.2) is 21.2 Å². The number of hydrogen-bond acceptors (Lipinski definition) is 1. The molecular weight excluding hydrogens is 140 g/mol. The third-order valence-corrected chi connectivity index (χ3v) is 3.32. The van der Waals surface area contributed by atoms with E-state index in [1.54, 1.807) is 5.17 Å². The first-order chi connectivity index (χ1) is 4.93. The Kier molecular flexibility index (Phi) is 3.73. The van der Waals surface area contributed by atoms with E-state index in [1.807, 2.05) is 0 Å². The zero-order valence-electron chi connectivity index (χ0n) is 6.73. The average molecular weight is 156 g/mol. The summed E-state index contributed by atoms with van der Waals surface area (Å²) >= 11 is 0. The molecule has 58 valence electrons. The first kappa shape index (κ1) is 7.99. The summed E-state index contributed by atoms with van der Waals surface area (Å²) in [7, 11) is 0.240. The van der Waals surface area contributed by atoms with Crippen LogP contribution in [0.2, 0.25) is 0 Å². The molecule has 0 aromatic rings. The molecule has 1 saturated carbocycles. The SMILES string of the molecule is CCO[SiH]=C1CCCCC1. The Hall–Kier alpha value is -0.113. The minimum Gasteiger partial charge on any atom is -0.553 e. The Bertz CT molecular complexity index is 112. The van der Waals surface area contributed by atoms with Crippen molar-refractivity contribution in [1.82, 2.24) is 0 Å². The van der Waals surface area contributed by atoms with Gasteiger partial charge >= 0.3 is 0 Å². The quantitative estimate of drug-likeness (QED) is 0.551. The van der Waals surface area contributed by atoms with Gasteiger partial charge in [-0.05, 0) is 32.6 Å². The molecule has 0 aliphatic heterocycles. The second kappa shape index (κ2) is 4.66. The molecule has 1 rings (SSSR count). The molecule has 0 bridgehead atoms. The highest BCUT2D eigenvalue weighted by atomic mass is 28.2. The number of rotatable bonds is 2. The van der Waals surface area contributed by atoms with Gasteiger partial charge in [0.05, 0.1) is 6.61 Å². The minimum absolute atomic E-state index is 0.240. The lowest BCUT2D eigenvalue weighted by atomic mass is 10.0. The summed E-state index contributed by atoms with van der Waals surface area (Å²) in [5, 5.41) is 1.72. The fraction of sp³-hybridized carbons (Fsp3) is 0.875. The Balaban J connectivity index is 2.23. The maximum atomic E-state index is 5.42. The van der Waals surface area contributed by atoms with Gasteiger partial charge in [0.15, 0.2) is 0 Å². The van der Waals surface area contributed by atoms with Crippen LogP contribution in [0.5, 0.6) is 0 Å². The van der Waals surface area contributed by atoms with Crippen LogP contribution < -0.4 is 0 Å². The van der Waals surface area contributed by atoms with Gasteiger partial charge in [-0.1, -0.05) is 11.6 Å². The molecule has 0 spiro atoms. The molecule has 0 heterocycles. The first-order valence-electron chi connectivity index (χ1n) is 4.23. The minimum atomic E-state index is 0.240. The topological polar surface area (TPSA) is 9.23 Å². The van der Waals surface area contributed by atoms with Crippen LogP contribution in [0, 0.1) is 0 Å². The summed E-state index contributed by atoms with van der Waals surface area (Å²) in [6.07, 6.45) is 6.98. The molecule has 0 amide bonds. The van der Waals surface area contributed by atoms with Gasteiger partial charge < -0.3 is 4.43 Å². The van der Waals surface area contributed by atoms with E-state index in [4.69, 9.17) is 4.43 Å². The molecule has 0 radical (unpaired) electrons. The van der Waals surface area contributed by atoms with Crippen molar-refractivity contribution in [1.29, 1.82) is 0 Å². The van der Waals surface area contributed by atoms with Crippen molar-refractivity contribution >= 4 is 14.5 Å². The van der Waals surface area contributed by atoms with Crippen LogP contribution in [0.15, 0.2) is 0 Å². The Labute approximate surface area is 65.3 Å². The summed E-state index contributed by atoms with van der Waals surface area (Å²) in [6, 6.07) is 0. The lowest BCUT2D eigenvalue weighted by Crippen LogP contribution is -2.10. The summed E-state index contributed by atoms with van der Waals surface area (Å²) in [5.41, 5.74) is 0. The van der Waals surface area contributed by atoms with E-state index < -0.39 is 0 Å². The van der Waals surface area contributed by atoms with Crippen molar-refractivity contribution < 1.29 is 4.43 Å². The summed E-state index contributed by atoms with van der Waals surface area (Å²) < 4.78 is 5.42. The molecule has 10 heavy (non-hydrogen) atoms. The van der Waals surface area contributed by atoms with Gasteiger partial charge in [0.2, 0.25) is 9.38 Å². The molecule has 0 aromatic carbocycles. The van der Waals surface area contributed by atoms with E-state index in [-0.39, 0.29) is 9.38 Å². The molecule has 2 heteroatoms. The van der Waals surface area contributed by atoms with Crippen LogP contribution >= 0.6 is 0 Å². The van der Waals surface area contributed by atoms with Gasteiger partial charge in [0.25, 0.3) is 0 Å². The number of hydrogen-bond donors (Lipinski definition) is 0. The van der Waals surface area contributed by atoms with Crippen molar-refractivity contribution in [3.63, 3.8) is 0 Å². The van der Waals surface area contributed by atoms with Gasteiger partial charge in [-0.15, -0.1) is 0 Å². The van der Waals surface area contributed by atoms with Crippen LogP contribution in [-0.2, 0) is 4.43 Å². The van der Waals surface area contributed by atoms with Crippen molar-refractivity contribution in [3.8, 4) is 0 Å². The lowest BCUT2D eigenvalue weighted by molar-refractivity contribution is 0.371. The van der Waals surface area contributed by atoms with Crippen LogP contribution in [0.1, 0.15) is 39.0 Å². The van der Waals surface area contributed by atoms with Crippen LogP contribution in [0.4, 0.5) is 0 Å². The third-order valence-electron chi connectivity index (χ3n) is 1.91. The second-order valence-corrected chi connectivity index (χ2v) is 4.18. The smallest absolute Gasteiger partial charge is 0.214 e. The molecule has 0 atom stereocenters. The van der Waals surface area contributed by atoms with Gasteiger partial charge in [0.1, 0.15) is 0 Å².